The van der Waals surface area contributed by atoms with E-state index in [-0.39, 0.29) is 0 Å². The second kappa shape index (κ2) is 29.3. The number of rotatable bonds is 20. The van der Waals surface area contributed by atoms with Crippen LogP contribution in [0, 0.1) is 0 Å². The minimum Gasteiger partial charge on any atom is -0.394 e. The van der Waals surface area contributed by atoms with E-state index in [0.717, 1.165) is 13.8 Å². The van der Waals surface area contributed by atoms with E-state index in [2.05, 4.69) is 10.6 Å². The van der Waals surface area contributed by atoms with Crippen LogP contribution in [0.15, 0.2) is 0 Å². The lowest BCUT2D eigenvalue weighted by Gasteiger charge is -2.52. The fourth-order valence-electron chi connectivity index (χ4n) is 10.6. The van der Waals surface area contributed by atoms with Gasteiger partial charge in [-0.15, -0.1) is 0 Å². The molecule has 37 nitrogen and oxygen atoms in total. The van der Waals surface area contributed by atoms with Crippen LogP contribution in [0.4, 0.5) is 0 Å². The van der Waals surface area contributed by atoms with Gasteiger partial charge in [-0.25, -0.2) is 0 Å². The van der Waals surface area contributed by atoms with E-state index in [4.69, 9.17) is 61.6 Å². The summed E-state index contributed by atoms with van der Waals surface area (Å²) in [4.78, 5) is 25.8. The van der Waals surface area contributed by atoms with Crippen molar-refractivity contribution in [2.75, 3.05) is 39.6 Å². The molecule has 482 valence electrons. The number of carbonyl (C=O) groups excluding carboxylic acids is 2. The summed E-state index contributed by atoms with van der Waals surface area (Å²) in [6.45, 7) is -2.72. The zero-order chi connectivity index (χ0) is 61.2. The van der Waals surface area contributed by atoms with Crippen molar-refractivity contribution in [2.24, 2.45) is 0 Å². The molecule has 0 aliphatic carbocycles. The number of hydrogen-bond acceptors (Lipinski definition) is 35. The van der Waals surface area contributed by atoms with Crippen molar-refractivity contribution in [1.29, 1.82) is 0 Å². The normalized spacial score (nSPS) is 50.8. The highest BCUT2D eigenvalue weighted by Crippen LogP contribution is 2.38. The van der Waals surface area contributed by atoms with Crippen LogP contribution < -0.4 is 10.6 Å². The van der Waals surface area contributed by atoms with Crippen LogP contribution in [0.1, 0.15) is 20.8 Å². The van der Waals surface area contributed by atoms with Crippen LogP contribution in [0.25, 0.3) is 0 Å². The Morgan fingerprint density at radius 3 is 1.24 bits per heavy atom. The average Bonchev–Trinajstić information content (AvgIpc) is 3.66. The third kappa shape index (κ3) is 14.7. The molecule has 22 N–H and O–H groups in total. The summed E-state index contributed by atoms with van der Waals surface area (Å²) in [5.41, 5.74) is 0. The van der Waals surface area contributed by atoms with Crippen molar-refractivity contribution in [3.63, 3.8) is 0 Å². The molecule has 2 amide bonds. The van der Waals surface area contributed by atoms with Crippen molar-refractivity contribution in [2.45, 2.75) is 236 Å². The molecule has 7 aliphatic heterocycles. The van der Waals surface area contributed by atoms with Crippen molar-refractivity contribution in [3.8, 4) is 0 Å². The summed E-state index contributed by atoms with van der Waals surface area (Å²) in [6.07, 6.45) is -64.0. The van der Waals surface area contributed by atoms with Gasteiger partial charge in [0.1, 0.15) is 165 Å². The molecule has 0 radical (unpaired) electrons. The van der Waals surface area contributed by atoms with Gasteiger partial charge >= 0.3 is 0 Å². The minimum atomic E-state index is -2.35. The van der Waals surface area contributed by atoms with Crippen molar-refractivity contribution < 1.29 is 173 Å². The summed E-state index contributed by atoms with van der Waals surface area (Å²) in [5, 5.41) is 220. The Hall–Kier alpha value is -2.38. The number of ether oxygens (including phenoxy) is 13. The number of amides is 2. The van der Waals surface area contributed by atoms with Gasteiger partial charge in [0, 0.05) is 13.8 Å². The molecule has 0 aromatic heterocycles. The number of hydrogen-bond donors (Lipinski definition) is 22. The Morgan fingerprint density at radius 2 is 0.723 bits per heavy atom. The summed E-state index contributed by atoms with van der Waals surface area (Å²) in [5.74, 6) is -1.77. The van der Waals surface area contributed by atoms with Crippen molar-refractivity contribution >= 4 is 11.8 Å². The molecule has 7 heterocycles. The van der Waals surface area contributed by atoms with E-state index in [1.165, 1.54) is 6.92 Å². The minimum absolute atomic E-state index is 0.836. The molecule has 7 aliphatic rings. The maximum atomic E-state index is 13.2. The molecule has 35 atom stereocenters. The van der Waals surface area contributed by atoms with Gasteiger partial charge in [0.25, 0.3) is 0 Å². The molecule has 7 fully saturated rings. The lowest BCUT2D eigenvalue weighted by atomic mass is 9.93. The predicted molar refractivity (Wildman–Crippen MR) is 254 cm³/mol. The van der Waals surface area contributed by atoms with Crippen LogP contribution >= 0.6 is 0 Å². The van der Waals surface area contributed by atoms with Gasteiger partial charge in [-0.1, -0.05) is 0 Å². The smallest absolute Gasteiger partial charge is 0.217 e. The van der Waals surface area contributed by atoms with Crippen molar-refractivity contribution in [1.82, 2.24) is 10.6 Å². The highest BCUT2D eigenvalue weighted by Gasteiger charge is 2.59. The van der Waals surface area contributed by atoms with Gasteiger partial charge in [-0.05, 0) is 6.92 Å². The summed E-state index contributed by atoms with van der Waals surface area (Å²) < 4.78 is 75.9. The molecule has 7 rings (SSSR count). The highest BCUT2D eigenvalue weighted by atomic mass is 16.8. The molecule has 0 spiro atoms. The predicted octanol–water partition coefficient (Wildman–Crippen LogP) is -15.0. The second-order valence-corrected chi connectivity index (χ2v) is 21.1. The third-order valence-corrected chi connectivity index (χ3v) is 15.3. The van der Waals surface area contributed by atoms with Crippen LogP contribution in [0.5, 0.6) is 0 Å². The van der Waals surface area contributed by atoms with E-state index in [1.807, 2.05) is 0 Å². The molecular weight excluding hydrogens is 1140 g/mol. The van der Waals surface area contributed by atoms with Gasteiger partial charge < -0.3 is 174 Å². The number of aliphatic hydroxyl groups is 20. The largest absolute Gasteiger partial charge is 0.394 e. The van der Waals surface area contributed by atoms with Gasteiger partial charge in [0.2, 0.25) is 11.8 Å². The Morgan fingerprint density at radius 1 is 0.337 bits per heavy atom. The molecule has 83 heavy (non-hydrogen) atoms. The van der Waals surface area contributed by atoms with Crippen molar-refractivity contribution in [3.05, 3.63) is 0 Å². The number of carbonyl (C=O) groups is 2. The van der Waals surface area contributed by atoms with E-state index in [9.17, 15) is 112 Å². The molecule has 0 aromatic carbocycles. The van der Waals surface area contributed by atoms with Crippen LogP contribution in [-0.4, -0.2) is 368 Å². The standard InChI is InChI=1S/C46H78N2O35/c1-10-21(56)26(61)31(66)43(72-10)82-38-20(48-12(3)55)42(77-17(8-53)37(38)81-45-33(68)28(63)23(58)14(5-50)75-45)83-39-24(59)18(78-46(34(39)69)80-36-15(6-51)73-40(70)30(65)29(36)64)9-71-41-19(47-11(2)54)25(60)35(16(7-52)76-41)79-44-32(67)27(62)22(57)13(4-49)74-44/h10,13-46,49-53,56-70H,4-9H2,1-3H3,(H,47,54)(H,48,55)/t10-,13+,14+,15+,16+,17+,18+,19+,20+,21+,22-,23-,24-,25+,26+,27-,28-,29+,30+,31-,32+,33+,34+,35+,36+,37+,38+,39-,40?,41+,42-,43-,44-,45-,46-/m0/s1. The van der Waals surface area contributed by atoms with E-state index in [0.29, 0.717) is 0 Å². The highest BCUT2D eigenvalue weighted by molar-refractivity contribution is 5.73. The quantitative estimate of drug-likeness (QED) is 0.0538. The molecule has 7 saturated heterocycles. The first-order valence-electron chi connectivity index (χ1n) is 26.5. The molecule has 0 aromatic rings. The van der Waals surface area contributed by atoms with Gasteiger partial charge in [-0.2, -0.15) is 0 Å². The average molecular weight is 1220 g/mol. The first-order valence-corrected chi connectivity index (χ1v) is 26.5. The molecule has 0 bridgehead atoms. The fraction of sp³-hybridized carbons (Fsp3) is 0.957. The summed E-state index contributed by atoms with van der Waals surface area (Å²) in [6, 6.07) is -3.63. The van der Waals surface area contributed by atoms with Crippen LogP contribution in [-0.2, 0) is 71.2 Å². The number of nitrogens with one attached hydrogen (secondary N) is 2. The Kier molecular flexibility index (Phi) is 24.0. The Balaban J connectivity index is 1.22. The van der Waals surface area contributed by atoms with Gasteiger partial charge in [-0.3, -0.25) is 9.59 Å². The number of aliphatic hydroxyl groups excluding tert-OH is 20. The summed E-state index contributed by atoms with van der Waals surface area (Å²) in [7, 11) is 0. The maximum Gasteiger partial charge on any atom is 0.217 e. The van der Waals surface area contributed by atoms with Gasteiger partial charge in [0.05, 0.1) is 45.7 Å². The Bertz CT molecular complexity index is 2040. The fourth-order valence-corrected chi connectivity index (χ4v) is 10.6. The first kappa shape index (κ1) is 68.1. The van der Waals surface area contributed by atoms with Crippen LogP contribution in [0.3, 0.4) is 0 Å². The van der Waals surface area contributed by atoms with E-state index < -0.39 is 266 Å². The maximum absolute atomic E-state index is 13.2. The second-order valence-electron chi connectivity index (χ2n) is 21.1. The lowest BCUT2D eigenvalue weighted by molar-refractivity contribution is -0.393. The zero-order valence-corrected chi connectivity index (χ0v) is 44.5. The summed E-state index contributed by atoms with van der Waals surface area (Å²) >= 11 is 0. The molecular formula is C46H78N2O35. The topological polar surface area (TPSA) is 583 Å². The lowest BCUT2D eigenvalue weighted by Crippen LogP contribution is -2.71. The molecule has 37 heteroatoms. The first-order chi connectivity index (χ1) is 39.2. The molecule has 1 unspecified atom stereocenters. The van der Waals surface area contributed by atoms with Crippen LogP contribution in [0.2, 0.25) is 0 Å². The van der Waals surface area contributed by atoms with E-state index in [1.54, 1.807) is 0 Å². The monoisotopic (exact) mass is 1220 g/mol. The van der Waals surface area contributed by atoms with E-state index >= 15 is 0 Å². The zero-order valence-electron chi connectivity index (χ0n) is 44.5. The third-order valence-electron chi connectivity index (χ3n) is 15.3. The Labute approximate surface area is 470 Å². The SMILES string of the molecule is CC(=O)N[C@H]1[C@H](OC[C@H]2O[C@@H](O[C@H]3[C@H](O)[C@@H](O)C(O)O[C@@H]3CO)[C@H](O)[C@@H](O[C@@H]3O[C@H](CO)[C@@H](O[C@@H]4O[C@H](CO)[C@H](O)[C@H](O)[C@H]4O)[C@H](O[C@@H]4O[C@@H](C)[C@@H](O)[C@@H](O)[C@@H]4O)[C@H]3NC(C)=O)[C@H]2O)O[C@H](CO)[C@@H](O[C@@H]2O[C@H](CO)[C@H](O)[C@H](O)[C@H]2O)[C@@H]1O. The molecule has 0 saturated carbocycles. The van der Waals surface area contributed by atoms with Gasteiger partial charge in [0.15, 0.2) is 44.0 Å².